The summed E-state index contributed by atoms with van der Waals surface area (Å²) in [6.07, 6.45) is 1.63. The number of carbonyl (C=O) groups excluding carboxylic acids is 3. The van der Waals surface area contributed by atoms with Crippen molar-refractivity contribution in [2.75, 3.05) is 13.7 Å². The summed E-state index contributed by atoms with van der Waals surface area (Å²) < 4.78 is 19.9. The van der Waals surface area contributed by atoms with Crippen LogP contribution in [-0.4, -0.2) is 46.2 Å². The number of rotatable bonds is 8. The molecule has 3 aliphatic rings. The SMILES string of the molecule is CN1Cc2cc(C(=O)CC[C@](O)(c3cc4c(c(-c5ccc(F)c(Cl)c5)n3)OC[C@]4(C)C(N)=O)C3CC3)ccc2C1=O. The number of carbonyl (C=O) groups is 3. The number of nitrogens with two attached hydrogens (primary N) is 1. The number of halogens is 2. The first-order chi connectivity index (χ1) is 19.4. The summed E-state index contributed by atoms with van der Waals surface area (Å²) in [5.74, 6) is -1.24. The van der Waals surface area contributed by atoms with Gasteiger partial charge in [0.25, 0.3) is 5.91 Å². The lowest BCUT2D eigenvalue weighted by molar-refractivity contribution is -0.123. The van der Waals surface area contributed by atoms with E-state index in [1.807, 2.05) is 0 Å². The molecule has 0 bridgehead atoms. The highest BCUT2D eigenvalue weighted by atomic mass is 35.5. The number of hydrogen-bond acceptors (Lipinski definition) is 6. The maximum atomic E-state index is 14.0. The van der Waals surface area contributed by atoms with Crippen molar-refractivity contribution in [1.29, 1.82) is 0 Å². The van der Waals surface area contributed by atoms with Gasteiger partial charge in [-0.2, -0.15) is 0 Å². The Labute approximate surface area is 241 Å². The smallest absolute Gasteiger partial charge is 0.254 e. The van der Waals surface area contributed by atoms with Gasteiger partial charge in [0.05, 0.1) is 10.7 Å². The molecular formula is C31H29ClFN3O5. The zero-order valence-electron chi connectivity index (χ0n) is 22.7. The predicted octanol–water partition coefficient (Wildman–Crippen LogP) is 4.52. The number of ether oxygens (including phenoxy) is 1. The van der Waals surface area contributed by atoms with E-state index >= 15 is 0 Å². The molecule has 6 rings (SSSR count). The van der Waals surface area contributed by atoms with Crippen LogP contribution < -0.4 is 10.5 Å². The average Bonchev–Trinajstić information content (AvgIpc) is 3.70. The zero-order chi connectivity index (χ0) is 29.3. The fourth-order valence-electron chi connectivity index (χ4n) is 5.84. The molecule has 2 atom stereocenters. The van der Waals surface area contributed by atoms with Crippen molar-refractivity contribution in [1.82, 2.24) is 9.88 Å². The number of Topliss-reactive ketones (excluding diaryl/α,β-unsaturated/α-hetero) is 1. The number of benzene rings is 2. The standard InChI is InChI=1S/C31H29ClFN3O5/c1-30(29(34)39)15-41-27-21(30)13-25(35-26(27)17-4-8-23(33)22(32)12-17)31(40,19-5-6-19)10-9-24(37)16-3-7-20-18(11-16)14-36(2)28(20)38/h3-4,7-8,11-13,19,40H,5-6,9-10,14-15H2,1-2H3,(H2,34,39)/t30-,31+/m0/s1. The quantitative estimate of drug-likeness (QED) is 0.379. The van der Waals surface area contributed by atoms with Crippen molar-refractivity contribution < 1.29 is 28.6 Å². The third kappa shape index (κ3) is 4.48. The summed E-state index contributed by atoms with van der Waals surface area (Å²) in [7, 11) is 1.71. The molecule has 3 heterocycles. The number of primary amides is 1. The van der Waals surface area contributed by atoms with E-state index in [0.29, 0.717) is 45.9 Å². The van der Waals surface area contributed by atoms with Gasteiger partial charge >= 0.3 is 0 Å². The first-order valence-electron chi connectivity index (χ1n) is 13.5. The summed E-state index contributed by atoms with van der Waals surface area (Å²) in [6, 6.07) is 10.9. The highest BCUT2D eigenvalue weighted by Crippen LogP contribution is 2.52. The molecule has 41 heavy (non-hydrogen) atoms. The van der Waals surface area contributed by atoms with Gasteiger partial charge in [0.15, 0.2) is 5.78 Å². The van der Waals surface area contributed by atoms with E-state index in [9.17, 15) is 23.9 Å². The Bertz CT molecular complexity index is 1640. The van der Waals surface area contributed by atoms with Crippen LogP contribution in [0.2, 0.25) is 5.02 Å². The topological polar surface area (TPSA) is 123 Å². The van der Waals surface area contributed by atoms with Crippen molar-refractivity contribution in [2.24, 2.45) is 11.7 Å². The minimum Gasteiger partial charge on any atom is -0.489 e. The molecule has 2 amide bonds. The van der Waals surface area contributed by atoms with Crippen LogP contribution in [0.1, 0.15) is 70.1 Å². The molecular weight excluding hydrogens is 549 g/mol. The van der Waals surface area contributed by atoms with Gasteiger partial charge in [0.1, 0.15) is 34.9 Å². The molecule has 3 aromatic rings. The van der Waals surface area contributed by atoms with Gasteiger partial charge in [-0.1, -0.05) is 17.7 Å². The number of pyridine rings is 1. The van der Waals surface area contributed by atoms with Gasteiger partial charge in [0, 0.05) is 42.3 Å². The van der Waals surface area contributed by atoms with Crippen molar-refractivity contribution in [3.8, 4) is 17.0 Å². The van der Waals surface area contributed by atoms with Crippen LogP contribution in [0.3, 0.4) is 0 Å². The van der Waals surface area contributed by atoms with E-state index in [4.69, 9.17) is 27.1 Å². The normalized spacial score (nSPS) is 20.8. The summed E-state index contributed by atoms with van der Waals surface area (Å²) in [4.78, 5) is 44.5. The van der Waals surface area contributed by atoms with Crippen molar-refractivity contribution in [3.05, 3.63) is 81.3 Å². The van der Waals surface area contributed by atoms with Crippen molar-refractivity contribution in [3.63, 3.8) is 0 Å². The molecule has 1 fully saturated rings. The third-order valence-electron chi connectivity index (χ3n) is 8.65. The van der Waals surface area contributed by atoms with Crippen LogP contribution >= 0.6 is 11.6 Å². The first kappa shape index (κ1) is 27.4. The first-order valence-corrected chi connectivity index (χ1v) is 13.9. The maximum Gasteiger partial charge on any atom is 0.254 e. The molecule has 3 N–H and O–H groups in total. The number of amides is 2. The predicted molar refractivity (Wildman–Crippen MR) is 149 cm³/mol. The monoisotopic (exact) mass is 577 g/mol. The lowest BCUT2D eigenvalue weighted by Crippen LogP contribution is -2.40. The van der Waals surface area contributed by atoms with Gasteiger partial charge in [-0.15, -0.1) is 0 Å². The van der Waals surface area contributed by atoms with Gasteiger partial charge in [0.2, 0.25) is 5.91 Å². The Hall–Kier alpha value is -3.82. The Morgan fingerprint density at radius 1 is 1.24 bits per heavy atom. The van der Waals surface area contributed by atoms with E-state index in [2.05, 4.69) is 0 Å². The number of aliphatic hydroxyl groups is 1. The van der Waals surface area contributed by atoms with Crippen LogP contribution in [-0.2, 0) is 22.4 Å². The van der Waals surface area contributed by atoms with Crippen molar-refractivity contribution in [2.45, 2.75) is 50.2 Å². The summed E-state index contributed by atoms with van der Waals surface area (Å²) in [6.45, 7) is 2.10. The molecule has 0 unspecified atom stereocenters. The van der Waals surface area contributed by atoms with Gasteiger partial charge in [-0.3, -0.25) is 14.4 Å². The largest absolute Gasteiger partial charge is 0.489 e. The molecule has 10 heteroatoms. The average molecular weight is 578 g/mol. The van der Waals surface area contributed by atoms with E-state index in [1.165, 1.54) is 18.2 Å². The molecule has 0 saturated heterocycles. The van der Waals surface area contributed by atoms with Crippen LogP contribution in [0, 0.1) is 11.7 Å². The number of hydrogen-bond donors (Lipinski definition) is 2. The number of aromatic nitrogens is 1. The van der Waals surface area contributed by atoms with Crippen LogP contribution in [0.5, 0.6) is 5.75 Å². The maximum absolute atomic E-state index is 14.0. The minimum atomic E-state index is -1.47. The van der Waals surface area contributed by atoms with Gasteiger partial charge in [-0.05, 0) is 74.1 Å². The van der Waals surface area contributed by atoms with Crippen molar-refractivity contribution >= 4 is 29.2 Å². The number of nitrogens with zero attached hydrogens (tertiary/aromatic N) is 2. The second-order valence-corrected chi connectivity index (χ2v) is 11.9. The van der Waals surface area contributed by atoms with Crippen LogP contribution in [0.15, 0.2) is 42.5 Å². The fourth-order valence-corrected chi connectivity index (χ4v) is 6.02. The summed E-state index contributed by atoms with van der Waals surface area (Å²) in [5, 5.41) is 12.0. The van der Waals surface area contributed by atoms with Gasteiger partial charge < -0.3 is 20.5 Å². The molecule has 1 aromatic heterocycles. The van der Waals surface area contributed by atoms with Crippen LogP contribution in [0.25, 0.3) is 11.3 Å². The second-order valence-electron chi connectivity index (χ2n) is 11.5. The number of fused-ring (bicyclic) bond motifs is 2. The molecule has 212 valence electrons. The van der Waals surface area contributed by atoms with E-state index in [-0.39, 0.29) is 42.1 Å². The lowest BCUT2D eigenvalue weighted by atomic mass is 9.80. The number of ketones is 1. The fraction of sp³-hybridized carbons (Fsp3) is 0.355. The molecule has 2 aliphatic heterocycles. The molecule has 1 saturated carbocycles. The summed E-state index contributed by atoms with van der Waals surface area (Å²) >= 11 is 6.08. The Balaban J connectivity index is 1.38. The van der Waals surface area contributed by atoms with E-state index in [1.54, 1.807) is 43.1 Å². The summed E-state index contributed by atoms with van der Waals surface area (Å²) in [5.41, 5.74) is 6.53. The Morgan fingerprint density at radius 2 is 2.00 bits per heavy atom. The zero-order valence-corrected chi connectivity index (χ0v) is 23.4. The Kier molecular flexibility index (Phi) is 6.43. The highest BCUT2D eigenvalue weighted by molar-refractivity contribution is 6.31. The van der Waals surface area contributed by atoms with E-state index in [0.717, 1.165) is 18.4 Å². The van der Waals surface area contributed by atoms with Crippen LogP contribution in [0.4, 0.5) is 4.39 Å². The molecule has 0 spiro atoms. The molecule has 2 aromatic carbocycles. The molecule has 8 nitrogen and oxygen atoms in total. The molecule has 0 radical (unpaired) electrons. The van der Waals surface area contributed by atoms with E-state index < -0.39 is 22.7 Å². The Morgan fingerprint density at radius 3 is 2.68 bits per heavy atom. The second kappa shape index (κ2) is 9.63. The van der Waals surface area contributed by atoms with Gasteiger partial charge in [-0.25, -0.2) is 9.37 Å². The minimum absolute atomic E-state index is 0.0128. The lowest BCUT2D eigenvalue weighted by Gasteiger charge is -2.29. The highest BCUT2D eigenvalue weighted by Gasteiger charge is 2.49. The molecule has 1 aliphatic carbocycles. The third-order valence-corrected chi connectivity index (χ3v) is 8.94.